The Hall–Kier alpha value is -0.650. The molecule has 0 atom stereocenters. The molecule has 0 spiro atoms. The van der Waals surface area contributed by atoms with E-state index in [-0.39, 0.29) is 5.75 Å². The van der Waals surface area contributed by atoms with Crippen molar-refractivity contribution in [2.45, 2.75) is 6.42 Å². The highest BCUT2D eigenvalue weighted by Gasteiger charge is 2.17. The first kappa shape index (κ1) is 14.3. The van der Waals surface area contributed by atoms with Gasteiger partial charge in [0.1, 0.15) is 0 Å². The fourth-order valence-electron chi connectivity index (χ4n) is 1.50. The summed E-state index contributed by atoms with van der Waals surface area (Å²) in [6.07, 6.45) is 3.95. The van der Waals surface area contributed by atoms with Crippen molar-refractivity contribution in [3.05, 3.63) is 25.3 Å². The molecule has 0 fully saturated rings. The van der Waals surface area contributed by atoms with Gasteiger partial charge < -0.3 is 9.04 Å². The normalized spacial score (nSPS) is 12.4. The summed E-state index contributed by atoms with van der Waals surface area (Å²) in [5, 5.41) is 0. The smallest absolute Gasteiger partial charge is 0.0971 e. The van der Waals surface area contributed by atoms with Crippen LogP contribution in [0.2, 0.25) is 0 Å². The fraction of sp³-hybridized carbons (Fsp3) is 0.600. The molecular formula is C10H19NO3S. The minimum atomic E-state index is -4.09. The van der Waals surface area contributed by atoms with Crippen LogP contribution in [0.15, 0.2) is 25.3 Å². The molecule has 0 aliphatic rings. The van der Waals surface area contributed by atoms with E-state index in [0.29, 0.717) is 17.4 Å². The fourth-order valence-corrected chi connectivity index (χ4v) is 1.99. The molecule has 0 aromatic carbocycles. The lowest BCUT2D eigenvalue weighted by molar-refractivity contribution is -0.898. The second-order valence-corrected chi connectivity index (χ2v) is 5.42. The van der Waals surface area contributed by atoms with Gasteiger partial charge >= 0.3 is 0 Å². The molecule has 0 N–H and O–H groups in total. The Balaban J connectivity index is 4.18. The van der Waals surface area contributed by atoms with Gasteiger partial charge in [-0.25, -0.2) is 8.42 Å². The number of hydrogen-bond donors (Lipinski definition) is 0. The first-order valence-electron chi connectivity index (χ1n) is 4.82. The number of quaternary nitrogens is 1. The van der Waals surface area contributed by atoms with E-state index < -0.39 is 10.1 Å². The highest BCUT2D eigenvalue weighted by Crippen LogP contribution is 2.05. The van der Waals surface area contributed by atoms with Crippen molar-refractivity contribution in [2.75, 3.05) is 32.4 Å². The highest BCUT2D eigenvalue weighted by atomic mass is 32.2. The van der Waals surface area contributed by atoms with Crippen LogP contribution >= 0.6 is 0 Å². The van der Waals surface area contributed by atoms with Crippen LogP contribution in [0, 0.1) is 0 Å². The molecular weight excluding hydrogens is 214 g/mol. The zero-order valence-electron chi connectivity index (χ0n) is 9.18. The van der Waals surface area contributed by atoms with Gasteiger partial charge in [-0.15, -0.1) is 0 Å². The average molecular weight is 233 g/mol. The van der Waals surface area contributed by atoms with E-state index in [1.807, 2.05) is 7.05 Å². The van der Waals surface area contributed by atoms with Crippen molar-refractivity contribution < 1.29 is 17.5 Å². The first-order chi connectivity index (χ1) is 6.83. The summed E-state index contributed by atoms with van der Waals surface area (Å²) in [5.74, 6) is -0.297. The second kappa shape index (κ2) is 6.05. The maximum absolute atomic E-state index is 10.4. The minimum absolute atomic E-state index is 0.297. The van der Waals surface area contributed by atoms with Crippen LogP contribution in [0.1, 0.15) is 6.42 Å². The Morgan fingerprint density at radius 1 is 1.27 bits per heavy atom. The largest absolute Gasteiger partial charge is 0.748 e. The summed E-state index contributed by atoms with van der Waals surface area (Å²) in [6, 6.07) is 0. The summed E-state index contributed by atoms with van der Waals surface area (Å²) in [5.41, 5.74) is 0. The number of hydrogen-bond acceptors (Lipinski definition) is 3. The van der Waals surface area contributed by atoms with Gasteiger partial charge in [-0.05, 0) is 12.2 Å². The van der Waals surface area contributed by atoms with E-state index in [9.17, 15) is 13.0 Å². The van der Waals surface area contributed by atoms with E-state index in [1.54, 1.807) is 12.2 Å². The van der Waals surface area contributed by atoms with Crippen molar-refractivity contribution in [1.29, 1.82) is 0 Å². The van der Waals surface area contributed by atoms with Crippen LogP contribution in [0.3, 0.4) is 0 Å². The first-order valence-corrected chi connectivity index (χ1v) is 6.39. The third kappa shape index (κ3) is 7.30. The minimum Gasteiger partial charge on any atom is -0.748 e. The summed E-state index contributed by atoms with van der Waals surface area (Å²) in [6.45, 7) is 9.43. The lowest BCUT2D eigenvalue weighted by atomic mass is 10.3. The predicted molar refractivity (Wildman–Crippen MR) is 60.4 cm³/mol. The topological polar surface area (TPSA) is 57.2 Å². The van der Waals surface area contributed by atoms with Gasteiger partial charge in [0.05, 0.1) is 36.8 Å². The Morgan fingerprint density at radius 3 is 2.07 bits per heavy atom. The van der Waals surface area contributed by atoms with Gasteiger partial charge in [0.2, 0.25) is 0 Å². The van der Waals surface area contributed by atoms with E-state index in [1.165, 1.54) is 0 Å². The van der Waals surface area contributed by atoms with Crippen molar-refractivity contribution in [3.8, 4) is 0 Å². The lowest BCUT2D eigenvalue weighted by Gasteiger charge is -2.32. The molecule has 0 heterocycles. The molecule has 0 radical (unpaired) electrons. The SMILES string of the molecule is C=CC[N+](C)(CC=C)CCCS(=O)(=O)[O-]. The molecule has 0 unspecified atom stereocenters. The van der Waals surface area contributed by atoms with Crippen molar-refractivity contribution >= 4 is 10.1 Å². The van der Waals surface area contributed by atoms with Gasteiger partial charge in [0.15, 0.2) is 0 Å². The standard InChI is InChI=1S/C10H19NO3S/c1-4-7-11(3,8-5-2)9-6-10-15(12,13)14/h4-5H,1-2,6-10H2,3H3. The monoisotopic (exact) mass is 233 g/mol. The van der Waals surface area contributed by atoms with E-state index >= 15 is 0 Å². The third-order valence-corrected chi connectivity index (χ3v) is 3.02. The zero-order valence-corrected chi connectivity index (χ0v) is 10.0. The van der Waals surface area contributed by atoms with E-state index in [2.05, 4.69) is 13.2 Å². The molecule has 88 valence electrons. The van der Waals surface area contributed by atoms with Gasteiger partial charge in [0, 0.05) is 12.2 Å². The van der Waals surface area contributed by atoms with Crippen LogP contribution in [0.4, 0.5) is 0 Å². The second-order valence-electron chi connectivity index (χ2n) is 3.90. The van der Waals surface area contributed by atoms with E-state index in [0.717, 1.165) is 13.1 Å². The summed E-state index contributed by atoms with van der Waals surface area (Å²) in [7, 11) is -2.10. The van der Waals surface area contributed by atoms with Crippen molar-refractivity contribution in [2.24, 2.45) is 0 Å². The summed E-state index contributed by atoms with van der Waals surface area (Å²) in [4.78, 5) is 0. The average Bonchev–Trinajstić information content (AvgIpc) is 2.01. The molecule has 15 heavy (non-hydrogen) atoms. The molecule has 0 aliphatic carbocycles. The van der Waals surface area contributed by atoms with Gasteiger partial charge in [0.25, 0.3) is 0 Å². The summed E-state index contributed by atoms with van der Waals surface area (Å²) < 4.78 is 31.9. The molecule has 0 aromatic rings. The predicted octanol–water partition coefficient (Wildman–Crippen LogP) is 0.740. The maximum Gasteiger partial charge on any atom is 0.0971 e. The van der Waals surface area contributed by atoms with Gasteiger partial charge in [-0.1, -0.05) is 13.2 Å². The molecule has 0 aromatic heterocycles. The number of likely N-dealkylation sites (N-methyl/N-ethyl adjacent to an activating group) is 1. The van der Waals surface area contributed by atoms with Gasteiger partial charge in [-0.2, -0.15) is 0 Å². The molecule has 4 nitrogen and oxygen atoms in total. The third-order valence-electron chi connectivity index (χ3n) is 2.23. The quantitative estimate of drug-likeness (QED) is 0.353. The molecule has 0 bridgehead atoms. The Kier molecular flexibility index (Phi) is 5.79. The molecule has 0 rings (SSSR count). The molecule has 0 saturated heterocycles. The van der Waals surface area contributed by atoms with Crippen molar-refractivity contribution in [1.82, 2.24) is 0 Å². The summed E-state index contributed by atoms with van der Waals surface area (Å²) >= 11 is 0. The Morgan fingerprint density at radius 2 is 1.73 bits per heavy atom. The molecule has 5 heteroatoms. The van der Waals surface area contributed by atoms with Gasteiger partial charge in [-0.3, -0.25) is 0 Å². The van der Waals surface area contributed by atoms with Crippen LogP contribution in [0.25, 0.3) is 0 Å². The van der Waals surface area contributed by atoms with Crippen LogP contribution in [-0.2, 0) is 10.1 Å². The Bertz CT molecular complexity index is 299. The molecule has 0 saturated carbocycles. The molecule has 0 aliphatic heterocycles. The highest BCUT2D eigenvalue weighted by molar-refractivity contribution is 7.85. The zero-order chi connectivity index (χ0) is 11.9. The molecule has 0 amide bonds. The van der Waals surface area contributed by atoms with Crippen LogP contribution in [0.5, 0.6) is 0 Å². The van der Waals surface area contributed by atoms with Crippen LogP contribution in [-0.4, -0.2) is 49.9 Å². The number of rotatable bonds is 8. The Labute approximate surface area is 92.2 Å². The lowest BCUT2D eigenvalue weighted by Crippen LogP contribution is -2.45. The maximum atomic E-state index is 10.4. The van der Waals surface area contributed by atoms with E-state index in [4.69, 9.17) is 0 Å². The van der Waals surface area contributed by atoms with Crippen LogP contribution < -0.4 is 0 Å². The van der Waals surface area contributed by atoms with Crippen molar-refractivity contribution in [3.63, 3.8) is 0 Å². The number of nitrogens with zero attached hydrogens (tertiary/aromatic N) is 1.